The summed E-state index contributed by atoms with van der Waals surface area (Å²) in [5.41, 5.74) is 0.244. The van der Waals surface area contributed by atoms with Gasteiger partial charge in [0.05, 0.1) is 19.8 Å². The molecule has 1 aromatic carbocycles. The van der Waals surface area contributed by atoms with Crippen LogP contribution in [-0.2, 0) is 20.9 Å². The van der Waals surface area contributed by atoms with Crippen LogP contribution in [0.25, 0.3) is 0 Å². The molecule has 3 N–H and O–H groups in total. The average Bonchev–Trinajstić information content (AvgIpc) is 2.59. The molecule has 1 aliphatic heterocycles. The minimum absolute atomic E-state index is 0.0579. The monoisotopic (exact) mass is 380 g/mol. The van der Waals surface area contributed by atoms with Crippen LogP contribution in [0.5, 0.6) is 11.5 Å². The number of hydrogen-bond acceptors (Lipinski definition) is 8. The number of hydrogen-bond donors (Lipinski definition) is 3. The SMILES string of the molecule is CCOc1cc(O)c2c(c1)COC[C@H](O)[C@H](O)C(=O)/C=C\C[C@H](C)OC2=O. The molecule has 8 nitrogen and oxygen atoms in total. The van der Waals surface area contributed by atoms with Crippen molar-refractivity contribution in [1.82, 2.24) is 0 Å². The van der Waals surface area contributed by atoms with Crippen molar-refractivity contribution in [2.45, 2.75) is 45.2 Å². The Labute approximate surface area is 157 Å². The summed E-state index contributed by atoms with van der Waals surface area (Å²) in [5, 5.41) is 30.0. The fraction of sp³-hybridized carbons (Fsp3) is 0.474. The van der Waals surface area contributed by atoms with E-state index in [-0.39, 0.29) is 30.9 Å². The number of ketones is 1. The van der Waals surface area contributed by atoms with E-state index in [1.165, 1.54) is 18.2 Å². The van der Waals surface area contributed by atoms with E-state index in [1.807, 2.05) is 0 Å². The van der Waals surface area contributed by atoms with Crippen molar-refractivity contribution >= 4 is 11.8 Å². The molecule has 148 valence electrons. The van der Waals surface area contributed by atoms with Crippen molar-refractivity contribution in [2.75, 3.05) is 13.2 Å². The lowest BCUT2D eigenvalue weighted by Gasteiger charge is -2.19. The van der Waals surface area contributed by atoms with Crippen LogP contribution in [0.4, 0.5) is 0 Å². The van der Waals surface area contributed by atoms with Gasteiger partial charge < -0.3 is 29.5 Å². The van der Waals surface area contributed by atoms with Crippen LogP contribution in [0.3, 0.4) is 0 Å². The lowest BCUT2D eigenvalue weighted by molar-refractivity contribution is -0.130. The molecule has 2 rings (SSSR count). The predicted molar refractivity (Wildman–Crippen MR) is 94.6 cm³/mol. The van der Waals surface area contributed by atoms with E-state index in [4.69, 9.17) is 14.2 Å². The van der Waals surface area contributed by atoms with Gasteiger partial charge in [-0.1, -0.05) is 6.08 Å². The lowest BCUT2D eigenvalue weighted by atomic mass is 10.1. The van der Waals surface area contributed by atoms with Gasteiger partial charge in [-0.3, -0.25) is 4.79 Å². The summed E-state index contributed by atoms with van der Waals surface area (Å²) in [5.74, 6) is -1.37. The summed E-state index contributed by atoms with van der Waals surface area (Å²) in [6.45, 7) is 3.26. The first-order chi connectivity index (χ1) is 12.8. The van der Waals surface area contributed by atoms with Crippen LogP contribution >= 0.6 is 0 Å². The molecular formula is C19H24O8. The zero-order valence-electron chi connectivity index (χ0n) is 15.3. The summed E-state index contributed by atoms with van der Waals surface area (Å²) < 4.78 is 16.0. The van der Waals surface area contributed by atoms with Crippen LogP contribution in [0, 0.1) is 0 Å². The van der Waals surface area contributed by atoms with Gasteiger partial charge >= 0.3 is 5.97 Å². The summed E-state index contributed by atoms with van der Waals surface area (Å²) in [4.78, 5) is 24.3. The molecule has 0 aromatic heterocycles. The van der Waals surface area contributed by atoms with E-state index < -0.39 is 30.1 Å². The Morgan fingerprint density at radius 1 is 1.26 bits per heavy atom. The predicted octanol–water partition coefficient (Wildman–Crippen LogP) is 1.10. The molecule has 0 aliphatic carbocycles. The fourth-order valence-corrected chi connectivity index (χ4v) is 2.59. The van der Waals surface area contributed by atoms with Gasteiger partial charge in [-0.25, -0.2) is 4.79 Å². The summed E-state index contributed by atoms with van der Waals surface area (Å²) in [6.07, 6.45) is -0.826. The van der Waals surface area contributed by atoms with Gasteiger partial charge in [0.2, 0.25) is 0 Å². The third kappa shape index (κ3) is 5.53. The smallest absolute Gasteiger partial charge is 0.342 e. The van der Waals surface area contributed by atoms with Gasteiger partial charge in [-0.2, -0.15) is 0 Å². The third-order valence-corrected chi connectivity index (χ3v) is 3.95. The summed E-state index contributed by atoms with van der Waals surface area (Å²) in [6, 6.07) is 2.85. The number of cyclic esters (lactones) is 1. The first kappa shape index (κ1) is 20.9. The molecule has 1 heterocycles. The van der Waals surface area contributed by atoms with Crippen molar-refractivity contribution in [3.05, 3.63) is 35.4 Å². The highest BCUT2D eigenvalue weighted by atomic mass is 16.5. The highest BCUT2D eigenvalue weighted by Gasteiger charge is 2.25. The number of fused-ring (bicyclic) bond motifs is 1. The Kier molecular flexibility index (Phi) is 7.35. The number of aliphatic hydroxyl groups excluding tert-OH is 2. The quantitative estimate of drug-likeness (QED) is 0.652. The summed E-state index contributed by atoms with van der Waals surface area (Å²) >= 11 is 0. The van der Waals surface area contributed by atoms with E-state index in [2.05, 4.69) is 0 Å². The number of phenolic OH excluding ortho intramolecular Hbond substituents is 1. The van der Waals surface area contributed by atoms with E-state index in [9.17, 15) is 24.9 Å². The number of phenols is 1. The molecule has 0 spiro atoms. The molecule has 27 heavy (non-hydrogen) atoms. The summed E-state index contributed by atoms with van der Waals surface area (Å²) in [7, 11) is 0. The minimum atomic E-state index is -1.62. The van der Waals surface area contributed by atoms with Gasteiger partial charge in [0, 0.05) is 12.5 Å². The molecule has 0 fully saturated rings. The van der Waals surface area contributed by atoms with Crippen molar-refractivity contribution in [3.8, 4) is 11.5 Å². The topological polar surface area (TPSA) is 123 Å². The van der Waals surface area contributed by atoms with Gasteiger partial charge in [-0.05, 0) is 31.6 Å². The lowest BCUT2D eigenvalue weighted by Crippen LogP contribution is -2.36. The Hall–Kier alpha value is -2.42. The number of aliphatic hydroxyl groups is 2. The number of rotatable bonds is 2. The van der Waals surface area contributed by atoms with E-state index in [0.717, 1.165) is 6.08 Å². The van der Waals surface area contributed by atoms with Crippen LogP contribution in [0.2, 0.25) is 0 Å². The number of aromatic hydroxyl groups is 1. The molecule has 0 saturated carbocycles. The van der Waals surface area contributed by atoms with Crippen molar-refractivity contribution < 1.29 is 39.1 Å². The van der Waals surface area contributed by atoms with E-state index in [0.29, 0.717) is 17.9 Å². The Balaban J connectivity index is 2.36. The molecule has 1 aromatic rings. The van der Waals surface area contributed by atoms with E-state index in [1.54, 1.807) is 13.8 Å². The highest BCUT2D eigenvalue weighted by molar-refractivity contribution is 5.95. The zero-order chi connectivity index (χ0) is 20.0. The average molecular weight is 380 g/mol. The van der Waals surface area contributed by atoms with Crippen LogP contribution in [0.1, 0.15) is 36.2 Å². The fourth-order valence-electron chi connectivity index (χ4n) is 2.59. The molecule has 0 unspecified atom stereocenters. The largest absolute Gasteiger partial charge is 0.507 e. The van der Waals surface area contributed by atoms with Crippen LogP contribution < -0.4 is 4.74 Å². The molecule has 0 bridgehead atoms. The second-order valence-corrected chi connectivity index (χ2v) is 6.19. The first-order valence-corrected chi connectivity index (χ1v) is 8.67. The standard InChI is InChI=1S/C19H24O8/c1-3-26-13-7-12-9-25-10-16(22)18(23)14(20)6-4-5-11(2)27-19(24)17(12)15(21)8-13/h4,6-8,11,16,18,21-23H,3,5,9-10H2,1-2H3/b6-4-/t11-,16-,18+/m0/s1. The molecule has 3 atom stereocenters. The Morgan fingerprint density at radius 3 is 2.70 bits per heavy atom. The van der Waals surface area contributed by atoms with Crippen LogP contribution in [-0.4, -0.2) is 58.6 Å². The highest BCUT2D eigenvalue weighted by Crippen LogP contribution is 2.30. The molecule has 1 aliphatic rings. The van der Waals surface area contributed by atoms with Gasteiger partial charge in [0.15, 0.2) is 5.78 Å². The van der Waals surface area contributed by atoms with Crippen molar-refractivity contribution in [1.29, 1.82) is 0 Å². The first-order valence-electron chi connectivity index (χ1n) is 8.67. The third-order valence-electron chi connectivity index (χ3n) is 3.95. The second-order valence-electron chi connectivity index (χ2n) is 6.19. The maximum absolute atomic E-state index is 12.5. The van der Waals surface area contributed by atoms with Gasteiger partial charge in [-0.15, -0.1) is 0 Å². The molecule has 0 amide bonds. The minimum Gasteiger partial charge on any atom is -0.507 e. The zero-order valence-corrected chi connectivity index (χ0v) is 15.3. The Bertz CT molecular complexity index is 712. The number of ether oxygens (including phenoxy) is 3. The van der Waals surface area contributed by atoms with E-state index >= 15 is 0 Å². The van der Waals surface area contributed by atoms with Crippen molar-refractivity contribution in [3.63, 3.8) is 0 Å². The van der Waals surface area contributed by atoms with Crippen molar-refractivity contribution in [2.24, 2.45) is 0 Å². The number of esters is 1. The van der Waals surface area contributed by atoms with Gasteiger partial charge in [0.1, 0.15) is 35.4 Å². The molecule has 0 radical (unpaired) electrons. The van der Waals surface area contributed by atoms with Crippen LogP contribution in [0.15, 0.2) is 24.3 Å². The Morgan fingerprint density at radius 2 is 2.00 bits per heavy atom. The van der Waals surface area contributed by atoms with Gasteiger partial charge in [0.25, 0.3) is 0 Å². The molecule has 8 heteroatoms. The maximum atomic E-state index is 12.5. The molecular weight excluding hydrogens is 356 g/mol. The number of carbonyl (C=O) groups excluding carboxylic acids is 2. The number of carbonyl (C=O) groups is 2. The molecule has 0 saturated heterocycles. The number of benzene rings is 1. The second kappa shape index (κ2) is 9.50. The normalized spacial score (nSPS) is 25.9. The maximum Gasteiger partial charge on any atom is 0.342 e.